The van der Waals surface area contributed by atoms with Gasteiger partial charge in [0.05, 0.1) is 25.9 Å². The predicted molar refractivity (Wildman–Crippen MR) is 83.6 cm³/mol. The van der Waals surface area contributed by atoms with Crippen molar-refractivity contribution in [3.8, 4) is 11.5 Å². The van der Waals surface area contributed by atoms with Gasteiger partial charge >= 0.3 is 0 Å². The van der Waals surface area contributed by atoms with Crippen LogP contribution in [0.1, 0.15) is 17.3 Å². The van der Waals surface area contributed by atoms with E-state index in [1.54, 1.807) is 32.2 Å². The summed E-state index contributed by atoms with van der Waals surface area (Å²) >= 11 is 0. The van der Waals surface area contributed by atoms with Gasteiger partial charge in [-0.2, -0.15) is 0 Å². The topological polar surface area (TPSA) is 62.2 Å². The van der Waals surface area contributed by atoms with E-state index in [1.807, 2.05) is 4.90 Å². The third-order valence-electron chi connectivity index (χ3n) is 3.82. The van der Waals surface area contributed by atoms with Gasteiger partial charge in [0, 0.05) is 32.7 Å². The van der Waals surface area contributed by atoms with Gasteiger partial charge in [-0.3, -0.25) is 9.69 Å². The third-order valence-corrected chi connectivity index (χ3v) is 3.82. The lowest BCUT2D eigenvalue weighted by atomic mass is 10.1. The molecule has 1 amide bonds. The number of benzene rings is 1. The van der Waals surface area contributed by atoms with Crippen LogP contribution in [0, 0.1) is 0 Å². The molecule has 0 spiro atoms. The number of aliphatic hydroxyl groups excluding tert-OH is 1. The number of para-hydroxylation sites is 1. The molecule has 1 saturated heterocycles. The Kier molecular flexibility index (Phi) is 5.63. The molecular weight excluding hydrogens is 284 g/mol. The smallest absolute Gasteiger partial charge is 0.257 e. The fourth-order valence-electron chi connectivity index (χ4n) is 2.73. The van der Waals surface area contributed by atoms with E-state index in [9.17, 15) is 9.90 Å². The summed E-state index contributed by atoms with van der Waals surface area (Å²) in [6.07, 6.45) is -0.347. The van der Waals surface area contributed by atoms with Crippen molar-refractivity contribution in [1.29, 1.82) is 0 Å². The number of hydrogen-bond acceptors (Lipinski definition) is 5. The summed E-state index contributed by atoms with van der Waals surface area (Å²) in [5.74, 6) is 0.981. The second-order valence-corrected chi connectivity index (χ2v) is 5.48. The maximum atomic E-state index is 12.7. The summed E-state index contributed by atoms with van der Waals surface area (Å²) in [5.41, 5.74) is 0.519. The molecule has 1 heterocycles. The maximum Gasteiger partial charge on any atom is 0.257 e. The van der Waals surface area contributed by atoms with Crippen molar-refractivity contribution in [2.75, 3.05) is 46.9 Å². The molecule has 0 saturated carbocycles. The number of amides is 1. The number of β-amino-alcohol motifs (C(OH)–C–C–N with tert-alkyl or cyclic N) is 1. The minimum atomic E-state index is -0.347. The van der Waals surface area contributed by atoms with Crippen LogP contribution in [0.15, 0.2) is 18.2 Å². The summed E-state index contributed by atoms with van der Waals surface area (Å²) in [6, 6.07) is 5.32. The van der Waals surface area contributed by atoms with Gasteiger partial charge in [-0.1, -0.05) is 6.07 Å². The lowest BCUT2D eigenvalue weighted by Gasteiger charge is -2.35. The normalized spacial score (nSPS) is 17.2. The molecule has 6 heteroatoms. The average molecular weight is 308 g/mol. The molecular formula is C16H24N2O4. The lowest BCUT2D eigenvalue weighted by Crippen LogP contribution is -2.50. The zero-order valence-electron chi connectivity index (χ0n) is 13.4. The molecule has 1 aromatic rings. The van der Waals surface area contributed by atoms with Crippen LogP contribution in [-0.2, 0) is 0 Å². The summed E-state index contributed by atoms with van der Waals surface area (Å²) in [5, 5.41) is 9.43. The zero-order chi connectivity index (χ0) is 16.1. The Hall–Kier alpha value is -1.79. The van der Waals surface area contributed by atoms with Crippen LogP contribution in [0.5, 0.6) is 11.5 Å². The van der Waals surface area contributed by atoms with Crippen LogP contribution in [0.3, 0.4) is 0 Å². The van der Waals surface area contributed by atoms with E-state index < -0.39 is 0 Å². The minimum absolute atomic E-state index is 0.0487. The number of carbonyl (C=O) groups excluding carboxylic acids is 1. The fraction of sp³-hybridized carbons (Fsp3) is 0.562. The van der Waals surface area contributed by atoms with Crippen molar-refractivity contribution in [2.24, 2.45) is 0 Å². The highest BCUT2D eigenvalue weighted by Gasteiger charge is 2.25. The van der Waals surface area contributed by atoms with E-state index in [0.29, 0.717) is 36.7 Å². The van der Waals surface area contributed by atoms with Crippen molar-refractivity contribution in [3.05, 3.63) is 23.8 Å². The molecule has 6 nitrogen and oxygen atoms in total. The highest BCUT2D eigenvalue weighted by molar-refractivity contribution is 5.97. The first kappa shape index (κ1) is 16.6. The quantitative estimate of drug-likeness (QED) is 0.873. The second-order valence-electron chi connectivity index (χ2n) is 5.48. The number of aliphatic hydroxyl groups is 1. The number of ether oxygens (including phenoxy) is 2. The molecule has 0 bridgehead atoms. The summed E-state index contributed by atoms with van der Waals surface area (Å²) in [6.45, 7) is 5.24. The Morgan fingerprint density at radius 3 is 2.45 bits per heavy atom. The average Bonchev–Trinajstić information content (AvgIpc) is 2.53. The Balaban J connectivity index is 2.07. The van der Waals surface area contributed by atoms with Crippen molar-refractivity contribution in [1.82, 2.24) is 9.80 Å². The molecule has 1 N–H and O–H groups in total. The van der Waals surface area contributed by atoms with Gasteiger partial charge < -0.3 is 19.5 Å². The van der Waals surface area contributed by atoms with E-state index in [4.69, 9.17) is 9.47 Å². The Bertz CT molecular complexity index is 511. The molecule has 1 atom stereocenters. The Labute approximate surface area is 131 Å². The number of nitrogens with zero attached hydrogens (tertiary/aromatic N) is 2. The van der Waals surface area contributed by atoms with E-state index in [1.165, 1.54) is 7.11 Å². The molecule has 122 valence electrons. The van der Waals surface area contributed by atoms with Gasteiger partial charge in [0.1, 0.15) is 0 Å². The van der Waals surface area contributed by atoms with Crippen LogP contribution >= 0.6 is 0 Å². The second kappa shape index (κ2) is 7.47. The Morgan fingerprint density at radius 1 is 1.23 bits per heavy atom. The molecule has 22 heavy (non-hydrogen) atoms. The van der Waals surface area contributed by atoms with Crippen LogP contribution in [-0.4, -0.2) is 73.9 Å². The first-order valence-electron chi connectivity index (χ1n) is 7.47. The first-order valence-corrected chi connectivity index (χ1v) is 7.47. The van der Waals surface area contributed by atoms with Gasteiger partial charge in [0.25, 0.3) is 5.91 Å². The summed E-state index contributed by atoms with van der Waals surface area (Å²) in [7, 11) is 3.09. The number of hydrogen-bond donors (Lipinski definition) is 1. The molecule has 1 aliphatic rings. The molecule has 0 radical (unpaired) electrons. The fourth-order valence-corrected chi connectivity index (χ4v) is 2.73. The molecule has 1 aliphatic heterocycles. The van der Waals surface area contributed by atoms with Crippen LogP contribution < -0.4 is 9.47 Å². The lowest BCUT2D eigenvalue weighted by molar-refractivity contribution is 0.0551. The van der Waals surface area contributed by atoms with Crippen molar-refractivity contribution >= 4 is 5.91 Å². The molecule has 1 fully saturated rings. The molecule has 2 rings (SSSR count). The van der Waals surface area contributed by atoms with E-state index in [2.05, 4.69) is 4.90 Å². The number of piperazine rings is 1. The number of carbonyl (C=O) groups is 1. The van der Waals surface area contributed by atoms with E-state index >= 15 is 0 Å². The van der Waals surface area contributed by atoms with Crippen LogP contribution in [0.2, 0.25) is 0 Å². The number of rotatable bonds is 5. The summed E-state index contributed by atoms with van der Waals surface area (Å²) in [4.78, 5) is 16.7. The SMILES string of the molecule is COc1cccc(C(=O)N2CCN(C[C@H](C)O)CC2)c1OC. The molecule has 0 unspecified atom stereocenters. The first-order chi connectivity index (χ1) is 10.6. The van der Waals surface area contributed by atoms with Gasteiger partial charge in [0.2, 0.25) is 0 Å². The molecule has 0 aliphatic carbocycles. The van der Waals surface area contributed by atoms with Gasteiger partial charge in [-0.05, 0) is 19.1 Å². The highest BCUT2D eigenvalue weighted by Crippen LogP contribution is 2.31. The number of methoxy groups -OCH3 is 2. The Morgan fingerprint density at radius 2 is 1.91 bits per heavy atom. The van der Waals surface area contributed by atoms with Crippen molar-refractivity contribution in [3.63, 3.8) is 0 Å². The van der Waals surface area contributed by atoms with E-state index in [0.717, 1.165) is 13.1 Å². The largest absolute Gasteiger partial charge is 0.493 e. The summed E-state index contributed by atoms with van der Waals surface area (Å²) < 4.78 is 10.6. The maximum absolute atomic E-state index is 12.7. The van der Waals surface area contributed by atoms with Gasteiger partial charge in [0.15, 0.2) is 11.5 Å². The van der Waals surface area contributed by atoms with Crippen molar-refractivity contribution < 1.29 is 19.4 Å². The molecule has 1 aromatic carbocycles. The van der Waals surface area contributed by atoms with Gasteiger partial charge in [-0.25, -0.2) is 0 Å². The van der Waals surface area contributed by atoms with Crippen LogP contribution in [0.4, 0.5) is 0 Å². The van der Waals surface area contributed by atoms with Crippen LogP contribution in [0.25, 0.3) is 0 Å². The van der Waals surface area contributed by atoms with Gasteiger partial charge in [-0.15, -0.1) is 0 Å². The third kappa shape index (κ3) is 3.69. The molecule has 0 aromatic heterocycles. The van der Waals surface area contributed by atoms with E-state index in [-0.39, 0.29) is 12.0 Å². The standard InChI is InChI=1S/C16H24N2O4/c1-12(19)11-17-7-9-18(10-8-17)16(20)13-5-4-6-14(21-2)15(13)22-3/h4-6,12,19H,7-11H2,1-3H3/t12-/m0/s1. The van der Waals surface area contributed by atoms with Crippen molar-refractivity contribution in [2.45, 2.75) is 13.0 Å². The monoisotopic (exact) mass is 308 g/mol. The zero-order valence-corrected chi connectivity index (χ0v) is 13.4. The highest BCUT2D eigenvalue weighted by atomic mass is 16.5. The predicted octanol–water partition coefficient (Wildman–Crippen LogP) is 0.842. The minimum Gasteiger partial charge on any atom is -0.493 e.